The number of aromatic nitrogens is 1. The molecular weight excluding hydrogens is 242 g/mol. The molecule has 0 bridgehead atoms. The van der Waals surface area contributed by atoms with Crippen molar-refractivity contribution in [1.82, 2.24) is 4.98 Å². The Balaban J connectivity index is 2.32. The first-order valence-electron chi connectivity index (χ1n) is 6.15. The molecule has 0 saturated carbocycles. The van der Waals surface area contributed by atoms with Crippen molar-refractivity contribution in [3.63, 3.8) is 0 Å². The second-order valence-electron chi connectivity index (χ2n) is 4.56. The molecule has 1 heterocycles. The zero-order valence-electron chi connectivity index (χ0n) is 11.2. The molecule has 1 aromatic heterocycles. The van der Waals surface area contributed by atoms with Crippen LogP contribution in [0.4, 0.5) is 11.4 Å². The SMILES string of the molecule is COCC(O)CN(C)c1ccnc2c(N)cccc12. The Hall–Kier alpha value is -1.85. The smallest absolute Gasteiger partial charge is 0.0951 e. The fraction of sp³-hybridized carbons (Fsp3) is 0.357. The van der Waals surface area contributed by atoms with Gasteiger partial charge in [-0.3, -0.25) is 4.98 Å². The third-order valence-corrected chi connectivity index (χ3v) is 3.03. The number of anilines is 2. The van der Waals surface area contributed by atoms with Crippen LogP contribution in [0.25, 0.3) is 10.9 Å². The number of nitrogens with two attached hydrogens (primary N) is 1. The largest absolute Gasteiger partial charge is 0.397 e. The summed E-state index contributed by atoms with van der Waals surface area (Å²) in [6.07, 6.45) is 1.20. The molecule has 0 aliphatic heterocycles. The maximum absolute atomic E-state index is 9.80. The molecule has 5 nitrogen and oxygen atoms in total. The standard InChI is InChI=1S/C14H19N3O2/c1-17(8-10(18)9-19-2)13-6-7-16-14-11(13)4-3-5-12(14)15/h3-7,10,18H,8-9,15H2,1-2H3. The van der Waals surface area contributed by atoms with Gasteiger partial charge in [0.25, 0.3) is 0 Å². The Bertz CT molecular complexity index is 559. The summed E-state index contributed by atoms with van der Waals surface area (Å²) in [5.74, 6) is 0. The first-order valence-corrected chi connectivity index (χ1v) is 6.15. The number of aliphatic hydroxyl groups excluding tert-OH is 1. The minimum absolute atomic E-state index is 0.315. The lowest BCUT2D eigenvalue weighted by atomic mass is 10.1. The predicted molar refractivity (Wildman–Crippen MR) is 77.3 cm³/mol. The van der Waals surface area contributed by atoms with E-state index in [0.717, 1.165) is 16.6 Å². The van der Waals surface area contributed by atoms with Gasteiger partial charge in [0.1, 0.15) is 0 Å². The van der Waals surface area contributed by atoms with Gasteiger partial charge in [-0.05, 0) is 12.1 Å². The zero-order valence-corrected chi connectivity index (χ0v) is 11.2. The van der Waals surface area contributed by atoms with Gasteiger partial charge < -0.3 is 20.5 Å². The van der Waals surface area contributed by atoms with E-state index in [-0.39, 0.29) is 0 Å². The van der Waals surface area contributed by atoms with Gasteiger partial charge in [0.2, 0.25) is 0 Å². The lowest BCUT2D eigenvalue weighted by Gasteiger charge is -2.23. The van der Waals surface area contributed by atoms with Gasteiger partial charge in [0, 0.05) is 38.0 Å². The molecule has 2 aromatic rings. The van der Waals surface area contributed by atoms with E-state index in [4.69, 9.17) is 10.5 Å². The molecule has 2 rings (SSSR count). The Labute approximate surface area is 112 Å². The van der Waals surface area contributed by atoms with Gasteiger partial charge in [-0.25, -0.2) is 0 Å². The third-order valence-electron chi connectivity index (χ3n) is 3.03. The lowest BCUT2D eigenvalue weighted by Crippen LogP contribution is -2.32. The number of hydrogen-bond donors (Lipinski definition) is 2. The molecule has 0 radical (unpaired) electrons. The topological polar surface area (TPSA) is 71.6 Å². The van der Waals surface area contributed by atoms with Crippen LogP contribution in [0.2, 0.25) is 0 Å². The Kier molecular flexibility index (Phi) is 4.19. The number of rotatable bonds is 5. The van der Waals surface area contributed by atoms with Crippen molar-refractivity contribution in [2.75, 3.05) is 37.9 Å². The quantitative estimate of drug-likeness (QED) is 0.793. The molecular formula is C14H19N3O2. The van der Waals surface area contributed by atoms with Crippen LogP contribution >= 0.6 is 0 Å². The van der Waals surface area contributed by atoms with E-state index in [0.29, 0.717) is 18.8 Å². The minimum Gasteiger partial charge on any atom is -0.397 e. The molecule has 102 valence electrons. The van der Waals surface area contributed by atoms with E-state index >= 15 is 0 Å². The van der Waals surface area contributed by atoms with Crippen LogP contribution in [0.3, 0.4) is 0 Å². The van der Waals surface area contributed by atoms with E-state index < -0.39 is 6.10 Å². The third kappa shape index (κ3) is 2.94. The van der Waals surface area contributed by atoms with Crippen molar-refractivity contribution < 1.29 is 9.84 Å². The fourth-order valence-corrected chi connectivity index (χ4v) is 2.18. The van der Waals surface area contributed by atoms with Gasteiger partial charge in [0.15, 0.2) is 0 Å². The van der Waals surface area contributed by atoms with Crippen molar-refractivity contribution >= 4 is 22.3 Å². The molecule has 3 N–H and O–H groups in total. The highest BCUT2D eigenvalue weighted by molar-refractivity contribution is 5.97. The fourth-order valence-electron chi connectivity index (χ4n) is 2.18. The lowest BCUT2D eigenvalue weighted by molar-refractivity contribution is 0.0695. The monoisotopic (exact) mass is 261 g/mol. The molecule has 0 aliphatic rings. The van der Waals surface area contributed by atoms with Crippen LogP contribution in [-0.4, -0.2) is 43.5 Å². The van der Waals surface area contributed by atoms with Crippen LogP contribution < -0.4 is 10.6 Å². The maximum Gasteiger partial charge on any atom is 0.0951 e. The number of pyridine rings is 1. The van der Waals surface area contributed by atoms with Gasteiger partial charge in [-0.15, -0.1) is 0 Å². The maximum atomic E-state index is 9.80. The second kappa shape index (κ2) is 5.86. The number of nitrogen functional groups attached to an aromatic ring is 1. The second-order valence-corrected chi connectivity index (χ2v) is 4.56. The number of benzene rings is 1. The average molecular weight is 261 g/mol. The Morgan fingerprint density at radius 1 is 1.42 bits per heavy atom. The summed E-state index contributed by atoms with van der Waals surface area (Å²) >= 11 is 0. The normalized spacial score (nSPS) is 12.6. The summed E-state index contributed by atoms with van der Waals surface area (Å²) < 4.78 is 4.94. The molecule has 19 heavy (non-hydrogen) atoms. The number of likely N-dealkylation sites (N-methyl/N-ethyl adjacent to an activating group) is 1. The van der Waals surface area contributed by atoms with Crippen molar-refractivity contribution in [3.05, 3.63) is 30.5 Å². The number of methoxy groups -OCH3 is 1. The number of para-hydroxylation sites is 1. The highest BCUT2D eigenvalue weighted by Crippen LogP contribution is 2.27. The average Bonchev–Trinajstić information content (AvgIpc) is 2.38. The summed E-state index contributed by atoms with van der Waals surface area (Å²) in [4.78, 5) is 6.28. The summed E-state index contributed by atoms with van der Waals surface area (Å²) in [5.41, 5.74) is 8.36. The van der Waals surface area contributed by atoms with Crippen LogP contribution in [0.5, 0.6) is 0 Å². The summed E-state index contributed by atoms with van der Waals surface area (Å²) in [7, 11) is 3.50. The van der Waals surface area contributed by atoms with Crippen molar-refractivity contribution in [2.45, 2.75) is 6.10 Å². The molecule has 1 aromatic carbocycles. The molecule has 0 saturated heterocycles. The highest BCUT2D eigenvalue weighted by atomic mass is 16.5. The van der Waals surface area contributed by atoms with Crippen LogP contribution in [0, 0.1) is 0 Å². The summed E-state index contributed by atoms with van der Waals surface area (Å²) in [6, 6.07) is 7.63. The highest BCUT2D eigenvalue weighted by Gasteiger charge is 2.12. The molecule has 5 heteroatoms. The first-order chi connectivity index (χ1) is 9.13. The number of nitrogens with zero attached hydrogens (tertiary/aromatic N) is 2. The van der Waals surface area contributed by atoms with Crippen molar-refractivity contribution in [3.8, 4) is 0 Å². The number of ether oxygens (including phenoxy) is 1. The predicted octanol–water partition coefficient (Wildman–Crippen LogP) is 1.26. The molecule has 1 unspecified atom stereocenters. The summed E-state index contributed by atoms with van der Waals surface area (Å²) in [6.45, 7) is 0.803. The number of hydrogen-bond acceptors (Lipinski definition) is 5. The van der Waals surface area contributed by atoms with Crippen molar-refractivity contribution in [2.24, 2.45) is 0 Å². The van der Waals surface area contributed by atoms with E-state index in [1.165, 1.54) is 0 Å². The van der Waals surface area contributed by atoms with Crippen molar-refractivity contribution in [1.29, 1.82) is 0 Å². The first kappa shape index (κ1) is 13.6. The van der Waals surface area contributed by atoms with Gasteiger partial charge in [-0.1, -0.05) is 12.1 Å². The molecule has 0 aliphatic carbocycles. The van der Waals surface area contributed by atoms with Gasteiger partial charge >= 0.3 is 0 Å². The summed E-state index contributed by atoms with van der Waals surface area (Å²) in [5, 5.41) is 10.8. The van der Waals surface area contributed by atoms with Gasteiger partial charge in [-0.2, -0.15) is 0 Å². The van der Waals surface area contributed by atoms with Crippen LogP contribution in [-0.2, 0) is 4.74 Å². The molecule has 1 atom stereocenters. The minimum atomic E-state index is -0.528. The van der Waals surface area contributed by atoms with Crippen LogP contribution in [0.1, 0.15) is 0 Å². The zero-order chi connectivity index (χ0) is 13.8. The van der Waals surface area contributed by atoms with E-state index in [1.807, 2.05) is 36.2 Å². The Morgan fingerprint density at radius 3 is 2.95 bits per heavy atom. The Morgan fingerprint density at radius 2 is 2.21 bits per heavy atom. The van der Waals surface area contributed by atoms with Crippen LogP contribution in [0.15, 0.2) is 30.5 Å². The van der Waals surface area contributed by atoms with E-state index in [9.17, 15) is 5.11 Å². The number of fused-ring (bicyclic) bond motifs is 1. The van der Waals surface area contributed by atoms with E-state index in [1.54, 1.807) is 13.3 Å². The van der Waals surface area contributed by atoms with Gasteiger partial charge in [0.05, 0.1) is 23.9 Å². The number of aliphatic hydroxyl groups is 1. The molecule has 0 spiro atoms. The van der Waals surface area contributed by atoms with E-state index in [2.05, 4.69) is 4.98 Å². The molecule has 0 amide bonds. The molecule has 0 fully saturated rings.